The van der Waals surface area contributed by atoms with Gasteiger partial charge in [0.25, 0.3) is 0 Å². The SMILES string of the molecule is Clc1cc(Cl)c(Cl)c(OC(c2ccccc2)C2CCNC2)c1Cl.Fc1cc(F)c(Cl)c(OC(c2ccccc2)C2CCNC2)c1Cl. The molecule has 2 saturated heterocycles. The number of nitrogens with one attached hydrogen (secondary N) is 2. The van der Waals surface area contributed by atoms with Crippen LogP contribution in [0.3, 0.4) is 0 Å². The minimum Gasteiger partial charge on any atom is -0.482 e. The number of halogens is 8. The molecule has 244 valence electrons. The number of hydrogen-bond donors (Lipinski definition) is 2. The molecule has 0 aliphatic carbocycles. The average molecular weight is 749 g/mol. The highest BCUT2D eigenvalue weighted by atomic mass is 35.5. The van der Waals surface area contributed by atoms with Crippen LogP contribution in [-0.4, -0.2) is 26.2 Å². The fourth-order valence-electron chi connectivity index (χ4n) is 5.59. The molecule has 2 fully saturated rings. The molecule has 4 atom stereocenters. The van der Waals surface area contributed by atoms with Crippen molar-refractivity contribution >= 4 is 69.6 Å². The fourth-order valence-corrected chi connectivity index (χ4v) is 6.91. The molecule has 4 nitrogen and oxygen atoms in total. The zero-order chi connectivity index (χ0) is 32.8. The van der Waals surface area contributed by atoms with Gasteiger partial charge in [-0.15, -0.1) is 0 Å². The Bertz CT molecular complexity index is 1450. The molecule has 2 N–H and O–H groups in total. The maximum atomic E-state index is 13.7. The summed E-state index contributed by atoms with van der Waals surface area (Å²) in [6.45, 7) is 3.47. The molecule has 0 bridgehead atoms. The van der Waals surface area contributed by atoms with Gasteiger partial charge in [-0.05, 0) is 43.1 Å². The van der Waals surface area contributed by atoms with Gasteiger partial charge in [0.05, 0.1) is 10.0 Å². The Morgan fingerprint density at radius 2 is 0.957 bits per heavy atom. The van der Waals surface area contributed by atoms with Crippen molar-refractivity contribution in [1.82, 2.24) is 10.6 Å². The molecule has 0 saturated carbocycles. The second-order valence-corrected chi connectivity index (χ2v) is 13.3. The van der Waals surface area contributed by atoms with Gasteiger partial charge in [0.2, 0.25) is 0 Å². The normalized spacial score (nSPS) is 18.9. The van der Waals surface area contributed by atoms with E-state index in [2.05, 4.69) is 10.6 Å². The second-order valence-electron chi connectivity index (χ2n) is 11.0. The third-order valence-corrected chi connectivity index (χ3v) is 10.2. The van der Waals surface area contributed by atoms with E-state index in [1.807, 2.05) is 60.7 Å². The smallest absolute Gasteiger partial charge is 0.163 e. The van der Waals surface area contributed by atoms with Crippen molar-refractivity contribution in [2.45, 2.75) is 25.0 Å². The Morgan fingerprint density at radius 3 is 1.33 bits per heavy atom. The Hall–Kier alpha value is -2.00. The van der Waals surface area contributed by atoms with Crippen LogP contribution in [0.2, 0.25) is 30.1 Å². The number of rotatable bonds is 8. The van der Waals surface area contributed by atoms with E-state index in [0.717, 1.165) is 50.1 Å². The number of benzene rings is 4. The highest BCUT2D eigenvalue weighted by Crippen LogP contribution is 2.46. The molecule has 0 amide bonds. The standard InChI is InChI=1S/C17H15Cl4NO.C17H15Cl2F2NO/c18-12-8-13(19)15(21)17(14(12)20)23-16(11-6-7-22-9-11)10-4-2-1-3-5-10;18-14-12(20)8-13(21)15(19)17(14)23-16(11-6-7-22-9-11)10-4-2-1-3-5-10/h2*1-5,8,11,16,22H,6-7,9H2. The van der Waals surface area contributed by atoms with Crippen LogP contribution in [0.25, 0.3) is 0 Å². The van der Waals surface area contributed by atoms with Crippen LogP contribution in [0.5, 0.6) is 11.5 Å². The monoisotopic (exact) mass is 746 g/mol. The molecule has 2 aliphatic heterocycles. The maximum Gasteiger partial charge on any atom is 0.163 e. The Labute approximate surface area is 297 Å². The summed E-state index contributed by atoms with van der Waals surface area (Å²) in [5.41, 5.74) is 1.99. The molecule has 2 heterocycles. The first kappa shape index (κ1) is 35.3. The van der Waals surface area contributed by atoms with E-state index in [1.165, 1.54) is 6.07 Å². The molecule has 12 heteroatoms. The van der Waals surface area contributed by atoms with Crippen LogP contribution in [0.15, 0.2) is 72.8 Å². The van der Waals surface area contributed by atoms with E-state index >= 15 is 0 Å². The zero-order valence-electron chi connectivity index (χ0n) is 24.3. The van der Waals surface area contributed by atoms with Gasteiger partial charge in [-0.1, -0.05) is 130 Å². The Balaban J connectivity index is 0.000000181. The lowest BCUT2D eigenvalue weighted by molar-refractivity contribution is 0.143. The highest BCUT2D eigenvalue weighted by Gasteiger charge is 2.31. The lowest BCUT2D eigenvalue weighted by atomic mass is 9.95. The number of hydrogen-bond acceptors (Lipinski definition) is 4. The zero-order valence-corrected chi connectivity index (χ0v) is 28.9. The third-order valence-electron chi connectivity index (χ3n) is 7.94. The van der Waals surface area contributed by atoms with Crippen LogP contribution < -0.4 is 20.1 Å². The van der Waals surface area contributed by atoms with Crippen LogP contribution >= 0.6 is 69.6 Å². The lowest BCUT2D eigenvalue weighted by Crippen LogP contribution is -2.21. The van der Waals surface area contributed by atoms with Gasteiger partial charge < -0.3 is 20.1 Å². The summed E-state index contributed by atoms with van der Waals surface area (Å²) in [7, 11) is 0. The molecular formula is C34H30Cl6F2N2O2. The Morgan fingerprint density at radius 1 is 0.565 bits per heavy atom. The van der Waals surface area contributed by atoms with Crippen LogP contribution in [0, 0.1) is 23.5 Å². The maximum absolute atomic E-state index is 13.7. The summed E-state index contributed by atoms with van der Waals surface area (Å²) in [5.74, 6) is -1.10. The van der Waals surface area contributed by atoms with Gasteiger partial charge in [0, 0.05) is 31.0 Å². The van der Waals surface area contributed by atoms with Gasteiger partial charge in [0.1, 0.15) is 43.9 Å². The summed E-state index contributed by atoms with van der Waals surface area (Å²) < 4.78 is 39.6. The summed E-state index contributed by atoms with van der Waals surface area (Å²) in [6, 6.07) is 21.7. The van der Waals surface area contributed by atoms with Gasteiger partial charge in [-0.3, -0.25) is 0 Å². The molecule has 0 radical (unpaired) electrons. The molecule has 4 aromatic rings. The first-order chi connectivity index (χ1) is 22.2. The quantitative estimate of drug-likeness (QED) is 0.176. The lowest BCUT2D eigenvalue weighted by Gasteiger charge is -2.26. The summed E-state index contributed by atoms with van der Waals surface area (Å²) in [6.07, 6.45) is 1.36. The van der Waals surface area contributed by atoms with Crippen molar-refractivity contribution in [2.75, 3.05) is 26.2 Å². The molecule has 46 heavy (non-hydrogen) atoms. The van der Waals surface area contributed by atoms with Gasteiger partial charge in [0.15, 0.2) is 11.5 Å². The molecule has 0 aromatic heterocycles. The van der Waals surface area contributed by atoms with Crippen molar-refractivity contribution in [1.29, 1.82) is 0 Å². The van der Waals surface area contributed by atoms with E-state index in [0.29, 0.717) is 27.8 Å². The van der Waals surface area contributed by atoms with E-state index in [4.69, 9.17) is 79.1 Å². The molecule has 6 rings (SSSR count). The van der Waals surface area contributed by atoms with E-state index < -0.39 is 11.6 Å². The summed E-state index contributed by atoms with van der Waals surface area (Å²) >= 11 is 36.7. The minimum atomic E-state index is -0.889. The van der Waals surface area contributed by atoms with Crippen molar-refractivity contribution in [2.24, 2.45) is 11.8 Å². The van der Waals surface area contributed by atoms with Gasteiger partial charge in [-0.25, -0.2) is 8.78 Å². The average Bonchev–Trinajstić information content (AvgIpc) is 3.80. The van der Waals surface area contributed by atoms with Crippen LogP contribution in [0.1, 0.15) is 36.2 Å². The molecule has 4 unspecified atom stereocenters. The van der Waals surface area contributed by atoms with E-state index in [1.54, 1.807) is 0 Å². The first-order valence-corrected chi connectivity index (χ1v) is 16.9. The molecule has 0 spiro atoms. The predicted molar refractivity (Wildman–Crippen MR) is 184 cm³/mol. The van der Waals surface area contributed by atoms with E-state index in [-0.39, 0.29) is 44.0 Å². The minimum absolute atomic E-state index is 0.147. The Kier molecular flexibility index (Phi) is 12.6. The number of ether oxygens (including phenoxy) is 2. The van der Waals surface area contributed by atoms with Crippen LogP contribution in [0.4, 0.5) is 8.78 Å². The molecular weight excluding hydrogens is 719 g/mol. The first-order valence-electron chi connectivity index (χ1n) is 14.7. The van der Waals surface area contributed by atoms with Crippen LogP contribution in [-0.2, 0) is 0 Å². The van der Waals surface area contributed by atoms with Crippen molar-refractivity contribution in [3.63, 3.8) is 0 Å². The van der Waals surface area contributed by atoms with Gasteiger partial charge >= 0.3 is 0 Å². The molecule has 2 aliphatic rings. The fraction of sp³-hybridized carbons (Fsp3) is 0.294. The summed E-state index contributed by atoms with van der Waals surface area (Å²) in [5, 5.41) is 7.25. The predicted octanol–water partition coefficient (Wildman–Crippen LogP) is 11.0. The topological polar surface area (TPSA) is 42.5 Å². The van der Waals surface area contributed by atoms with Gasteiger partial charge in [-0.2, -0.15) is 0 Å². The van der Waals surface area contributed by atoms with Crippen molar-refractivity contribution in [3.8, 4) is 11.5 Å². The van der Waals surface area contributed by atoms with Crippen molar-refractivity contribution < 1.29 is 18.3 Å². The second kappa shape index (κ2) is 16.4. The largest absolute Gasteiger partial charge is 0.482 e. The van der Waals surface area contributed by atoms with Crippen molar-refractivity contribution in [3.05, 3.63) is 126 Å². The summed E-state index contributed by atoms with van der Waals surface area (Å²) in [4.78, 5) is 0. The third kappa shape index (κ3) is 8.34. The highest BCUT2D eigenvalue weighted by molar-refractivity contribution is 6.48. The van der Waals surface area contributed by atoms with E-state index in [9.17, 15) is 8.78 Å². The molecule has 4 aromatic carbocycles.